The lowest BCUT2D eigenvalue weighted by molar-refractivity contribution is -0.151. The van der Waals surface area contributed by atoms with E-state index in [0.29, 0.717) is 35.0 Å². The highest BCUT2D eigenvalue weighted by Gasteiger charge is 2.36. The Morgan fingerprint density at radius 3 is 2.43 bits per heavy atom. The normalized spacial score (nSPS) is 14.7. The zero-order valence-electron chi connectivity index (χ0n) is 21.3. The van der Waals surface area contributed by atoms with Crippen LogP contribution in [-0.2, 0) is 23.9 Å². The fourth-order valence-corrected chi connectivity index (χ4v) is 3.84. The second kappa shape index (κ2) is 13.3. The van der Waals surface area contributed by atoms with E-state index >= 15 is 0 Å². The summed E-state index contributed by atoms with van der Waals surface area (Å²) in [6.45, 7) is 2.05. The van der Waals surface area contributed by atoms with Crippen LogP contribution in [0.3, 0.4) is 0 Å². The van der Waals surface area contributed by atoms with E-state index in [1.54, 1.807) is 42.5 Å². The molecule has 1 saturated heterocycles. The Labute approximate surface area is 215 Å². The number of carbonyl (C=O) groups is 4. The second-order valence-corrected chi connectivity index (χ2v) is 8.52. The maximum absolute atomic E-state index is 12.5. The minimum atomic E-state index is -0.709. The van der Waals surface area contributed by atoms with Gasteiger partial charge in [-0.15, -0.1) is 0 Å². The van der Waals surface area contributed by atoms with Crippen molar-refractivity contribution in [2.24, 2.45) is 5.92 Å². The van der Waals surface area contributed by atoms with Gasteiger partial charge in [-0.2, -0.15) is 0 Å². The first-order chi connectivity index (χ1) is 17.9. The molecule has 0 bridgehead atoms. The molecule has 0 spiro atoms. The average molecular weight is 513 g/mol. The summed E-state index contributed by atoms with van der Waals surface area (Å²) in [5.74, 6) is -1.60. The third-order valence-corrected chi connectivity index (χ3v) is 5.88. The smallest absolute Gasteiger partial charge is 0.338 e. The third-order valence-electron chi connectivity index (χ3n) is 5.88. The third kappa shape index (κ3) is 7.45. The first-order valence-corrected chi connectivity index (χ1v) is 12.1. The van der Waals surface area contributed by atoms with Crippen molar-refractivity contribution in [1.82, 2.24) is 0 Å². The molecule has 2 amide bonds. The van der Waals surface area contributed by atoms with Gasteiger partial charge in [0.25, 0.3) is 5.91 Å². The molecule has 0 unspecified atom stereocenters. The number of methoxy groups -OCH3 is 2. The molecule has 1 aliphatic rings. The molecule has 0 radical (unpaired) electrons. The van der Waals surface area contributed by atoms with Gasteiger partial charge in [0, 0.05) is 24.7 Å². The Bertz CT molecular complexity index is 1120. The van der Waals surface area contributed by atoms with Gasteiger partial charge in [-0.3, -0.25) is 14.4 Å². The van der Waals surface area contributed by atoms with Crippen LogP contribution in [-0.4, -0.2) is 57.7 Å². The van der Waals surface area contributed by atoms with Crippen LogP contribution in [0.1, 0.15) is 43.0 Å². The van der Waals surface area contributed by atoms with Crippen LogP contribution in [0.2, 0.25) is 0 Å². The largest absolute Gasteiger partial charge is 0.497 e. The number of hydrogen-bond acceptors (Lipinski definition) is 8. The van der Waals surface area contributed by atoms with Gasteiger partial charge in [0.2, 0.25) is 5.91 Å². The number of nitrogens with one attached hydrogen (secondary N) is 1. The fourth-order valence-electron chi connectivity index (χ4n) is 3.84. The number of esters is 2. The first-order valence-electron chi connectivity index (χ1n) is 12.1. The summed E-state index contributed by atoms with van der Waals surface area (Å²) in [7, 11) is 2.98. The van der Waals surface area contributed by atoms with Crippen molar-refractivity contribution < 1.29 is 38.1 Å². The summed E-state index contributed by atoms with van der Waals surface area (Å²) >= 11 is 0. The zero-order valence-corrected chi connectivity index (χ0v) is 21.3. The van der Waals surface area contributed by atoms with Gasteiger partial charge in [-0.05, 0) is 42.8 Å². The maximum atomic E-state index is 12.5. The van der Waals surface area contributed by atoms with Crippen LogP contribution in [0.4, 0.5) is 11.4 Å². The minimum absolute atomic E-state index is 0.0338. The van der Waals surface area contributed by atoms with Crippen molar-refractivity contribution in [3.8, 4) is 11.5 Å². The van der Waals surface area contributed by atoms with E-state index in [-0.39, 0.29) is 18.9 Å². The number of benzene rings is 2. The first kappa shape index (κ1) is 27.5. The molecule has 0 aromatic heterocycles. The number of amides is 2. The maximum Gasteiger partial charge on any atom is 0.338 e. The van der Waals surface area contributed by atoms with Crippen molar-refractivity contribution in [3.63, 3.8) is 0 Å². The molecule has 0 saturated carbocycles. The van der Waals surface area contributed by atoms with E-state index in [0.717, 1.165) is 19.3 Å². The molecule has 198 valence electrons. The summed E-state index contributed by atoms with van der Waals surface area (Å²) in [5.41, 5.74) is 1.36. The van der Waals surface area contributed by atoms with Gasteiger partial charge in [0.1, 0.15) is 11.5 Å². The predicted molar refractivity (Wildman–Crippen MR) is 136 cm³/mol. The van der Waals surface area contributed by atoms with Crippen molar-refractivity contribution in [2.45, 2.75) is 32.6 Å². The Kier molecular flexibility index (Phi) is 9.88. The molecule has 37 heavy (non-hydrogen) atoms. The summed E-state index contributed by atoms with van der Waals surface area (Å²) in [6, 6.07) is 11.4. The van der Waals surface area contributed by atoms with E-state index in [2.05, 4.69) is 12.2 Å². The number of nitrogens with zero attached hydrogens (tertiary/aromatic N) is 1. The summed E-state index contributed by atoms with van der Waals surface area (Å²) < 4.78 is 20.8. The minimum Gasteiger partial charge on any atom is -0.497 e. The summed E-state index contributed by atoms with van der Waals surface area (Å²) in [4.78, 5) is 51.0. The summed E-state index contributed by atoms with van der Waals surface area (Å²) in [6.07, 6.45) is 2.82. The number of hydrogen-bond donors (Lipinski definition) is 1. The van der Waals surface area contributed by atoms with Gasteiger partial charge in [-0.1, -0.05) is 19.8 Å². The Balaban J connectivity index is 1.50. The van der Waals surface area contributed by atoms with E-state index in [1.165, 1.54) is 19.1 Å². The second-order valence-electron chi connectivity index (χ2n) is 8.52. The monoisotopic (exact) mass is 512 g/mol. The molecule has 1 atom stereocenters. The highest BCUT2D eigenvalue weighted by molar-refractivity contribution is 6.00. The zero-order chi connectivity index (χ0) is 26.8. The van der Waals surface area contributed by atoms with Gasteiger partial charge in [0.05, 0.1) is 38.0 Å². The molecule has 0 aliphatic carbocycles. The molecule has 2 aromatic rings. The molecular weight excluding hydrogens is 480 g/mol. The molecule has 10 heteroatoms. The highest BCUT2D eigenvalue weighted by atomic mass is 16.5. The van der Waals surface area contributed by atoms with Crippen LogP contribution in [0, 0.1) is 5.92 Å². The molecule has 1 N–H and O–H groups in total. The molecule has 1 aliphatic heterocycles. The van der Waals surface area contributed by atoms with Crippen molar-refractivity contribution >= 4 is 35.1 Å². The lowest BCUT2D eigenvalue weighted by Gasteiger charge is -2.17. The fraction of sp³-hybridized carbons (Fsp3) is 0.407. The number of ether oxygens (including phenoxy) is 4. The van der Waals surface area contributed by atoms with Crippen LogP contribution in [0.5, 0.6) is 11.5 Å². The highest BCUT2D eigenvalue weighted by Crippen LogP contribution is 2.29. The van der Waals surface area contributed by atoms with Crippen LogP contribution < -0.4 is 19.7 Å². The van der Waals surface area contributed by atoms with E-state index in [1.807, 2.05) is 0 Å². The number of rotatable bonds is 12. The molecule has 1 fully saturated rings. The van der Waals surface area contributed by atoms with Crippen LogP contribution >= 0.6 is 0 Å². The number of unbranched alkanes of at least 4 members (excludes halogenated alkanes) is 2. The lowest BCUT2D eigenvalue weighted by Crippen LogP contribution is -2.28. The van der Waals surface area contributed by atoms with E-state index in [4.69, 9.17) is 18.9 Å². The summed E-state index contributed by atoms with van der Waals surface area (Å²) in [5, 5.41) is 2.62. The van der Waals surface area contributed by atoms with Gasteiger partial charge < -0.3 is 29.2 Å². The van der Waals surface area contributed by atoms with E-state index < -0.39 is 30.4 Å². The molecule has 1 heterocycles. The van der Waals surface area contributed by atoms with Gasteiger partial charge in [0.15, 0.2) is 6.61 Å². The number of anilines is 2. The van der Waals surface area contributed by atoms with Crippen molar-refractivity contribution in [2.75, 3.05) is 44.2 Å². The molecule has 2 aromatic carbocycles. The van der Waals surface area contributed by atoms with Crippen LogP contribution in [0.25, 0.3) is 0 Å². The average Bonchev–Trinajstić information content (AvgIpc) is 3.31. The molecular formula is C27H32N2O8. The van der Waals surface area contributed by atoms with Crippen LogP contribution in [0.15, 0.2) is 42.5 Å². The Morgan fingerprint density at radius 2 is 1.76 bits per heavy atom. The van der Waals surface area contributed by atoms with Gasteiger partial charge in [-0.25, -0.2) is 4.79 Å². The Hall–Kier alpha value is -4.08. The predicted octanol–water partition coefficient (Wildman–Crippen LogP) is 3.59. The Morgan fingerprint density at radius 1 is 1.00 bits per heavy atom. The lowest BCUT2D eigenvalue weighted by atomic mass is 10.1. The topological polar surface area (TPSA) is 120 Å². The quantitative estimate of drug-likeness (QED) is 0.338. The molecule has 3 rings (SSSR count). The molecule has 10 nitrogen and oxygen atoms in total. The van der Waals surface area contributed by atoms with Crippen molar-refractivity contribution in [3.05, 3.63) is 48.0 Å². The standard InChI is InChI=1S/C27H32N2O8/c1-4-5-6-13-36-26(32)18-7-9-20(10-8-18)29-16-19(14-25(29)31)27(33)37-17-24(30)28-22-12-11-21(34-2)15-23(22)35-3/h7-12,15,19H,4-6,13-14,16-17H2,1-3H3,(H,28,30)/t19-/m1/s1. The SMILES string of the molecule is CCCCCOC(=O)c1ccc(N2C[C@H](C(=O)OCC(=O)Nc3ccc(OC)cc3OC)CC2=O)cc1. The number of carbonyl (C=O) groups excluding carboxylic acids is 4. The van der Waals surface area contributed by atoms with Crippen molar-refractivity contribution in [1.29, 1.82) is 0 Å². The van der Waals surface area contributed by atoms with Gasteiger partial charge >= 0.3 is 11.9 Å². The van der Waals surface area contributed by atoms with E-state index in [9.17, 15) is 19.2 Å².